The van der Waals surface area contributed by atoms with E-state index in [0.29, 0.717) is 0 Å². The van der Waals surface area contributed by atoms with Gasteiger partial charge in [-0.15, -0.1) is 6.58 Å². The summed E-state index contributed by atoms with van der Waals surface area (Å²) in [5, 5.41) is 0. The number of allylic oxidation sites excluding steroid dienone is 3. The average Bonchev–Trinajstić information content (AvgIpc) is 2.19. The third kappa shape index (κ3) is 1.57. The van der Waals surface area contributed by atoms with Gasteiger partial charge in [-0.3, -0.25) is 0 Å². The largest absolute Gasteiger partial charge is 0.103 e. The van der Waals surface area contributed by atoms with Crippen molar-refractivity contribution in [3.8, 4) is 0 Å². The van der Waals surface area contributed by atoms with E-state index in [1.807, 2.05) is 6.08 Å². The molecule has 0 radical (unpaired) electrons. The van der Waals surface area contributed by atoms with Crippen LogP contribution >= 0.6 is 0 Å². The lowest BCUT2D eigenvalue weighted by Crippen LogP contribution is -1.98. The molecule has 0 spiro atoms. The number of hydrogen-bond acceptors (Lipinski definition) is 0. The van der Waals surface area contributed by atoms with E-state index < -0.39 is 0 Å². The predicted octanol–water partition coefficient (Wildman–Crippen LogP) is 3.59. The number of fused-ring (bicyclic) bond motifs is 1. The van der Waals surface area contributed by atoms with Gasteiger partial charge in [0.15, 0.2) is 0 Å². The Bertz CT molecular complexity index is 345. The smallest absolute Gasteiger partial charge is 0.00973 e. The zero-order chi connectivity index (χ0) is 9.10. The monoisotopic (exact) mass is 170 g/mol. The first-order valence-electron chi connectivity index (χ1n) is 4.80. The Morgan fingerprint density at radius 2 is 2.15 bits per heavy atom. The minimum absolute atomic E-state index is 0.997. The van der Waals surface area contributed by atoms with Gasteiger partial charge in [0.1, 0.15) is 0 Å². The van der Waals surface area contributed by atoms with Crippen LogP contribution in [0.1, 0.15) is 24.0 Å². The van der Waals surface area contributed by atoms with E-state index >= 15 is 0 Å². The summed E-state index contributed by atoms with van der Waals surface area (Å²) in [5.41, 5.74) is 4.35. The molecule has 0 atom stereocenters. The first-order valence-corrected chi connectivity index (χ1v) is 4.80. The van der Waals surface area contributed by atoms with E-state index in [4.69, 9.17) is 0 Å². The van der Waals surface area contributed by atoms with Crippen molar-refractivity contribution in [3.63, 3.8) is 0 Å². The summed E-state index contributed by atoms with van der Waals surface area (Å²) in [7, 11) is 0. The first kappa shape index (κ1) is 8.31. The van der Waals surface area contributed by atoms with Crippen LogP contribution in [0, 0.1) is 0 Å². The van der Waals surface area contributed by atoms with Gasteiger partial charge in [-0.2, -0.15) is 0 Å². The number of rotatable bonds is 2. The van der Waals surface area contributed by atoms with E-state index in [9.17, 15) is 0 Å². The van der Waals surface area contributed by atoms with Crippen molar-refractivity contribution in [1.29, 1.82) is 0 Å². The van der Waals surface area contributed by atoms with Crippen molar-refractivity contribution in [2.45, 2.75) is 19.3 Å². The fraction of sp³-hybridized carbons (Fsp3) is 0.231. The normalized spacial score (nSPS) is 14.6. The maximum atomic E-state index is 3.79. The minimum Gasteiger partial charge on any atom is -0.103 e. The van der Waals surface area contributed by atoms with Crippen molar-refractivity contribution in [1.82, 2.24) is 0 Å². The van der Waals surface area contributed by atoms with Crippen molar-refractivity contribution < 1.29 is 0 Å². The summed E-state index contributed by atoms with van der Waals surface area (Å²) in [6, 6.07) is 8.67. The molecule has 0 unspecified atom stereocenters. The molecule has 0 saturated carbocycles. The molecule has 1 aromatic rings. The molecule has 0 amide bonds. The topological polar surface area (TPSA) is 0 Å². The van der Waals surface area contributed by atoms with Crippen LogP contribution in [0.25, 0.3) is 5.57 Å². The molecular formula is C13H14. The molecule has 0 fully saturated rings. The fourth-order valence-electron chi connectivity index (χ4n) is 1.91. The van der Waals surface area contributed by atoms with Crippen molar-refractivity contribution >= 4 is 5.57 Å². The molecule has 0 aliphatic heterocycles. The Hall–Kier alpha value is -1.30. The summed E-state index contributed by atoms with van der Waals surface area (Å²) in [4.78, 5) is 0. The second-order valence-corrected chi connectivity index (χ2v) is 3.42. The van der Waals surface area contributed by atoms with E-state index in [-0.39, 0.29) is 0 Å². The highest BCUT2D eigenvalue weighted by molar-refractivity contribution is 5.70. The molecule has 0 bridgehead atoms. The summed E-state index contributed by atoms with van der Waals surface area (Å²) in [6.45, 7) is 3.79. The molecule has 0 heterocycles. The third-order valence-electron chi connectivity index (χ3n) is 2.53. The molecule has 1 aliphatic carbocycles. The van der Waals surface area contributed by atoms with Gasteiger partial charge in [0, 0.05) is 0 Å². The van der Waals surface area contributed by atoms with Crippen LogP contribution in [0.5, 0.6) is 0 Å². The van der Waals surface area contributed by atoms with E-state index in [1.165, 1.54) is 29.5 Å². The third-order valence-corrected chi connectivity index (χ3v) is 2.53. The van der Waals surface area contributed by atoms with Crippen molar-refractivity contribution in [2.75, 3.05) is 0 Å². The first-order chi connectivity index (χ1) is 6.42. The molecular weight excluding hydrogens is 156 g/mol. The van der Waals surface area contributed by atoms with Crippen LogP contribution < -0.4 is 0 Å². The van der Waals surface area contributed by atoms with Crippen LogP contribution in [-0.4, -0.2) is 0 Å². The minimum atomic E-state index is 0.997. The number of hydrogen-bond donors (Lipinski definition) is 0. The Morgan fingerprint density at radius 3 is 3.00 bits per heavy atom. The fourth-order valence-corrected chi connectivity index (χ4v) is 1.91. The Balaban J connectivity index is 2.41. The van der Waals surface area contributed by atoms with E-state index in [0.717, 1.165) is 6.42 Å². The molecule has 2 rings (SSSR count). The molecule has 1 aromatic carbocycles. The maximum absolute atomic E-state index is 3.79. The molecule has 0 aromatic heterocycles. The highest BCUT2D eigenvalue weighted by Crippen LogP contribution is 2.28. The van der Waals surface area contributed by atoms with Gasteiger partial charge in [-0.05, 0) is 36.0 Å². The zero-order valence-electron chi connectivity index (χ0n) is 7.79. The molecule has 0 heteroatoms. The van der Waals surface area contributed by atoms with E-state index in [2.05, 4.69) is 36.9 Å². The Kier molecular flexibility index (Phi) is 2.31. The highest BCUT2D eigenvalue weighted by atomic mass is 14.1. The van der Waals surface area contributed by atoms with Gasteiger partial charge < -0.3 is 0 Å². The Morgan fingerprint density at radius 1 is 1.31 bits per heavy atom. The van der Waals surface area contributed by atoms with Gasteiger partial charge in [0.25, 0.3) is 0 Å². The van der Waals surface area contributed by atoms with Crippen LogP contribution in [0.3, 0.4) is 0 Å². The summed E-state index contributed by atoms with van der Waals surface area (Å²) >= 11 is 0. The Labute approximate surface area is 79.6 Å². The van der Waals surface area contributed by atoms with Gasteiger partial charge in [-0.25, -0.2) is 0 Å². The molecule has 13 heavy (non-hydrogen) atoms. The van der Waals surface area contributed by atoms with Crippen LogP contribution in [0.4, 0.5) is 0 Å². The second-order valence-electron chi connectivity index (χ2n) is 3.42. The summed E-state index contributed by atoms with van der Waals surface area (Å²) < 4.78 is 0. The average molecular weight is 170 g/mol. The van der Waals surface area contributed by atoms with Crippen LogP contribution in [0.15, 0.2) is 43.0 Å². The molecule has 0 nitrogen and oxygen atoms in total. The van der Waals surface area contributed by atoms with Crippen LogP contribution in [-0.2, 0) is 6.42 Å². The molecule has 0 N–H and O–H groups in total. The van der Waals surface area contributed by atoms with Gasteiger partial charge in [-0.1, -0.05) is 36.4 Å². The SMILES string of the molecule is C=CCC1=CCCc2ccccc21. The lowest BCUT2D eigenvalue weighted by atomic mass is 9.89. The molecule has 66 valence electrons. The van der Waals surface area contributed by atoms with Gasteiger partial charge >= 0.3 is 0 Å². The van der Waals surface area contributed by atoms with Crippen LogP contribution in [0.2, 0.25) is 0 Å². The van der Waals surface area contributed by atoms with Gasteiger partial charge in [0.2, 0.25) is 0 Å². The summed E-state index contributed by atoms with van der Waals surface area (Å²) in [6.07, 6.45) is 7.69. The standard InChI is InChI=1S/C13H14/c1-2-6-11-8-5-9-12-7-3-4-10-13(11)12/h2-4,7-8,10H,1,5-6,9H2. The second kappa shape index (κ2) is 3.61. The van der Waals surface area contributed by atoms with Crippen molar-refractivity contribution in [3.05, 3.63) is 54.1 Å². The lowest BCUT2D eigenvalue weighted by Gasteiger charge is -2.16. The molecule has 1 aliphatic rings. The highest BCUT2D eigenvalue weighted by Gasteiger charge is 2.09. The zero-order valence-corrected chi connectivity index (χ0v) is 7.79. The number of aryl methyl sites for hydroxylation is 1. The summed E-state index contributed by atoms with van der Waals surface area (Å²) in [5.74, 6) is 0. The van der Waals surface area contributed by atoms with Gasteiger partial charge in [0.05, 0.1) is 0 Å². The lowest BCUT2D eigenvalue weighted by molar-refractivity contribution is 0.969. The van der Waals surface area contributed by atoms with E-state index in [1.54, 1.807) is 0 Å². The number of benzene rings is 1. The molecule has 0 saturated heterocycles. The van der Waals surface area contributed by atoms with Crippen molar-refractivity contribution in [2.24, 2.45) is 0 Å². The maximum Gasteiger partial charge on any atom is -0.00973 e. The predicted molar refractivity (Wildman–Crippen MR) is 57.6 cm³/mol. The quantitative estimate of drug-likeness (QED) is 0.595.